The van der Waals surface area contributed by atoms with Crippen LogP contribution in [-0.2, 0) is 32.9 Å². The van der Waals surface area contributed by atoms with E-state index in [1.165, 1.54) is 5.56 Å². The topological polar surface area (TPSA) is 66.5 Å². The molecule has 0 amide bonds. The molecule has 1 aliphatic rings. The lowest BCUT2D eigenvalue weighted by atomic mass is 10.1. The minimum atomic E-state index is 0.637. The second kappa shape index (κ2) is 5.57. The first-order valence-electron chi connectivity index (χ1n) is 7.39. The van der Waals surface area contributed by atoms with E-state index in [0.29, 0.717) is 17.9 Å². The molecule has 0 spiro atoms. The molecule has 0 saturated heterocycles. The monoisotopic (exact) mass is 281 g/mol. The smallest absolute Gasteiger partial charge is 0.144 e. The van der Waals surface area contributed by atoms with Gasteiger partial charge in [0.1, 0.15) is 11.9 Å². The highest BCUT2D eigenvalue weighted by molar-refractivity contribution is 5.55. The standard InChI is InChI=1S/C16H19N5/c1-3-14-13(10-21(2)20-14)9-18-16-12(8-17)7-11-5-4-6-15(11)19-16/h7,10H,3-6,9H2,1-2H3,(H,18,19). The summed E-state index contributed by atoms with van der Waals surface area (Å²) in [7, 11) is 1.93. The molecule has 2 heterocycles. The van der Waals surface area contributed by atoms with Gasteiger partial charge in [0.05, 0.1) is 11.3 Å². The lowest BCUT2D eigenvalue weighted by Gasteiger charge is -2.09. The van der Waals surface area contributed by atoms with Crippen molar-refractivity contribution in [3.63, 3.8) is 0 Å². The Morgan fingerprint density at radius 3 is 3.05 bits per heavy atom. The zero-order valence-electron chi connectivity index (χ0n) is 12.5. The molecule has 0 fully saturated rings. The van der Waals surface area contributed by atoms with Gasteiger partial charge in [-0.15, -0.1) is 0 Å². The lowest BCUT2D eigenvalue weighted by Crippen LogP contribution is -2.06. The fourth-order valence-corrected chi connectivity index (χ4v) is 2.90. The van der Waals surface area contributed by atoms with E-state index < -0.39 is 0 Å². The quantitative estimate of drug-likeness (QED) is 0.934. The zero-order valence-corrected chi connectivity index (χ0v) is 12.5. The largest absolute Gasteiger partial charge is 0.365 e. The average Bonchev–Trinajstić information content (AvgIpc) is 3.09. The van der Waals surface area contributed by atoms with Crippen LogP contribution < -0.4 is 5.32 Å². The number of nitrogens with zero attached hydrogens (tertiary/aromatic N) is 4. The average molecular weight is 281 g/mol. The van der Waals surface area contributed by atoms with E-state index in [9.17, 15) is 5.26 Å². The summed E-state index contributed by atoms with van der Waals surface area (Å²) in [6.45, 7) is 2.75. The molecule has 0 radical (unpaired) electrons. The van der Waals surface area contributed by atoms with E-state index in [1.807, 2.05) is 24.0 Å². The molecule has 0 bridgehead atoms. The number of hydrogen-bond donors (Lipinski definition) is 1. The van der Waals surface area contributed by atoms with Crippen LogP contribution in [0.4, 0.5) is 5.82 Å². The highest BCUT2D eigenvalue weighted by Gasteiger charge is 2.16. The van der Waals surface area contributed by atoms with Crippen molar-refractivity contribution in [2.75, 3.05) is 5.32 Å². The molecule has 1 aliphatic carbocycles. The van der Waals surface area contributed by atoms with Crippen molar-refractivity contribution in [3.05, 3.63) is 40.3 Å². The summed E-state index contributed by atoms with van der Waals surface area (Å²) in [5, 5.41) is 17.0. The maximum absolute atomic E-state index is 9.31. The summed E-state index contributed by atoms with van der Waals surface area (Å²) in [6.07, 6.45) is 6.12. The molecule has 0 unspecified atom stereocenters. The van der Waals surface area contributed by atoms with Crippen molar-refractivity contribution in [1.82, 2.24) is 14.8 Å². The maximum atomic E-state index is 9.31. The van der Waals surface area contributed by atoms with Crippen LogP contribution in [0.25, 0.3) is 0 Å². The van der Waals surface area contributed by atoms with E-state index in [-0.39, 0.29) is 0 Å². The summed E-state index contributed by atoms with van der Waals surface area (Å²) in [4.78, 5) is 4.64. The van der Waals surface area contributed by atoms with Gasteiger partial charge in [0.15, 0.2) is 0 Å². The molecule has 3 rings (SSSR count). The number of hydrogen-bond acceptors (Lipinski definition) is 4. The minimum Gasteiger partial charge on any atom is -0.365 e. The third-order valence-electron chi connectivity index (χ3n) is 3.94. The second-order valence-corrected chi connectivity index (χ2v) is 5.44. The van der Waals surface area contributed by atoms with Crippen LogP contribution in [-0.4, -0.2) is 14.8 Å². The van der Waals surface area contributed by atoms with Crippen molar-refractivity contribution in [2.24, 2.45) is 7.05 Å². The Kier molecular flexibility index (Phi) is 3.61. The van der Waals surface area contributed by atoms with Crippen molar-refractivity contribution < 1.29 is 0 Å². The van der Waals surface area contributed by atoms with Crippen LogP contribution in [0.1, 0.15) is 41.4 Å². The summed E-state index contributed by atoms with van der Waals surface area (Å²) in [6, 6.07) is 4.24. The van der Waals surface area contributed by atoms with Crippen LogP contribution in [0.5, 0.6) is 0 Å². The van der Waals surface area contributed by atoms with Gasteiger partial charge < -0.3 is 5.32 Å². The molecule has 0 atom stereocenters. The van der Waals surface area contributed by atoms with Gasteiger partial charge in [0, 0.05) is 31.0 Å². The van der Waals surface area contributed by atoms with Gasteiger partial charge in [0.25, 0.3) is 0 Å². The first kappa shape index (κ1) is 13.6. The van der Waals surface area contributed by atoms with Crippen molar-refractivity contribution >= 4 is 5.82 Å². The third-order valence-corrected chi connectivity index (χ3v) is 3.94. The number of nitrogens with one attached hydrogen (secondary N) is 1. The Bertz CT molecular complexity index is 708. The van der Waals surface area contributed by atoms with E-state index in [1.54, 1.807) is 0 Å². The van der Waals surface area contributed by atoms with Crippen molar-refractivity contribution in [1.29, 1.82) is 5.26 Å². The van der Waals surface area contributed by atoms with Gasteiger partial charge in [-0.2, -0.15) is 10.4 Å². The first-order chi connectivity index (χ1) is 10.2. The van der Waals surface area contributed by atoms with Gasteiger partial charge in [-0.05, 0) is 37.3 Å². The summed E-state index contributed by atoms with van der Waals surface area (Å²) in [5.41, 5.74) is 5.25. The Balaban J connectivity index is 1.83. The Morgan fingerprint density at radius 2 is 2.29 bits per heavy atom. The Labute approximate surface area is 124 Å². The van der Waals surface area contributed by atoms with Crippen LogP contribution in [0, 0.1) is 11.3 Å². The molecule has 0 aromatic carbocycles. The summed E-state index contributed by atoms with van der Waals surface area (Å²) >= 11 is 0. The highest BCUT2D eigenvalue weighted by atomic mass is 15.3. The molecule has 2 aromatic rings. The van der Waals surface area contributed by atoms with Gasteiger partial charge in [0.2, 0.25) is 0 Å². The van der Waals surface area contributed by atoms with Crippen molar-refractivity contribution in [3.8, 4) is 6.07 Å². The molecule has 5 heteroatoms. The normalized spacial score (nSPS) is 13.0. The molecule has 0 saturated carbocycles. The van der Waals surface area contributed by atoms with E-state index in [2.05, 4.69) is 28.4 Å². The maximum Gasteiger partial charge on any atom is 0.144 e. The molecule has 108 valence electrons. The van der Waals surface area contributed by atoms with Gasteiger partial charge in [-0.3, -0.25) is 4.68 Å². The number of aryl methyl sites for hydroxylation is 4. The van der Waals surface area contributed by atoms with Crippen LogP contribution in [0.2, 0.25) is 0 Å². The zero-order chi connectivity index (χ0) is 14.8. The Hall–Kier alpha value is -2.35. The molecule has 21 heavy (non-hydrogen) atoms. The second-order valence-electron chi connectivity index (χ2n) is 5.44. The fourth-order valence-electron chi connectivity index (χ4n) is 2.90. The molecular formula is C16H19N5. The van der Waals surface area contributed by atoms with Gasteiger partial charge in [-0.25, -0.2) is 4.98 Å². The summed E-state index contributed by atoms with van der Waals surface area (Å²) in [5.74, 6) is 0.698. The lowest BCUT2D eigenvalue weighted by molar-refractivity contribution is 0.746. The van der Waals surface area contributed by atoms with Crippen LogP contribution in [0.15, 0.2) is 12.3 Å². The number of anilines is 1. The number of fused-ring (bicyclic) bond motifs is 1. The molecule has 0 aliphatic heterocycles. The van der Waals surface area contributed by atoms with Gasteiger partial charge >= 0.3 is 0 Å². The third kappa shape index (κ3) is 2.62. The SMILES string of the molecule is CCc1nn(C)cc1CNc1nc2c(cc1C#N)CCC2. The molecule has 2 aromatic heterocycles. The predicted octanol–water partition coefficient (Wildman–Crippen LogP) is 2.35. The molecular weight excluding hydrogens is 262 g/mol. The van der Waals surface area contributed by atoms with Crippen LogP contribution >= 0.6 is 0 Å². The molecule has 1 N–H and O–H groups in total. The van der Waals surface area contributed by atoms with Crippen molar-refractivity contribution in [2.45, 2.75) is 39.2 Å². The minimum absolute atomic E-state index is 0.637. The summed E-state index contributed by atoms with van der Waals surface area (Å²) < 4.78 is 1.83. The predicted molar refractivity (Wildman–Crippen MR) is 80.9 cm³/mol. The first-order valence-corrected chi connectivity index (χ1v) is 7.39. The van der Waals surface area contributed by atoms with E-state index in [0.717, 1.165) is 42.6 Å². The number of nitriles is 1. The van der Waals surface area contributed by atoms with E-state index in [4.69, 9.17) is 0 Å². The Morgan fingerprint density at radius 1 is 1.43 bits per heavy atom. The number of aromatic nitrogens is 3. The fraction of sp³-hybridized carbons (Fsp3) is 0.438. The van der Waals surface area contributed by atoms with Crippen LogP contribution in [0.3, 0.4) is 0 Å². The number of pyridine rings is 1. The van der Waals surface area contributed by atoms with Gasteiger partial charge in [-0.1, -0.05) is 6.92 Å². The van der Waals surface area contributed by atoms with E-state index >= 15 is 0 Å². The number of rotatable bonds is 4. The highest BCUT2D eigenvalue weighted by Crippen LogP contribution is 2.25. The molecule has 5 nitrogen and oxygen atoms in total.